The first-order valence-corrected chi connectivity index (χ1v) is 7.17. The highest BCUT2D eigenvalue weighted by Crippen LogP contribution is 2.30. The molecule has 2 aliphatic rings. The summed E-state index contributed by atoms with van der Waals surface area (Å²) in [5.74, 6) is 0.565. The number of rotatable bonds is 1. The van der Waals surface area contributed by atoms with Gasteiger partial charge in [0, 0.05) is 19.6 Å². The molecule has 0 saturated carbocycles. The monoisotopic (exact) mass is 250 g/mol. The summed E-state index contributed by atoms with van der Waals surface area (Å²) in [4.78, 5) is 14.4. The molecule has 2 heterocycles. The van der Waals surface area contributed by atoms with E-state index in [1.165, 1.54) is 5.57 Å². The number of hydrogen-bond donors (Lipinski definition) is 1. The summed E-state index contributed by atoms with van der Waals surface area (Å²) >= 11 is 0. The van der Waals surface area contributed by atoms with Gasteiger partial charge in [-0.05, 0) is 31.2 Å². The minimum absolute atomic E-state index is 0.211. The molecule has 0 aromatic heterocycles. The van der Waals surface area contributed by atoms with Gasteiger partial charge in [0.25, 0.3) is 0 Å². The predicted molar refractivity (Wildman–Crippen MR) is 74.3 cm³/mol. The quantitative estimate of drug-likeness (QED) is 0.724. The van der Waals surface area contributed by atoms with Crippen LogP contribution in [0.5, 0.6) is 0 Å². The van der Waals surface area contributed by atoms with Crippen molar-refractivity contribution in [2.75, 3.05) is 26.2 Å². The van der Waals surface area contributed by atoms with Crippen molar-refractivity contribution in [2.24, 2.45) is 11.3 Å². The Kier molecular flexibility index (Phi) is 4.10. The van der Waals surface area contributed by atoms with Crippen molar-refractivity contribution >= 4 is 5.91 Å². The standard InChI is InChI=1S/C15H26N2O/c1-15(2,3)13-6-9-17(10-7-13)14(18)12-5-4-8-16-11-12/h6,12,16H,4-5,7-11H2,1-3H3. The highest BCUT2D eigenvalue weighted by molar-refractivity contribution is 5.79. The normalized spacial score (nSPS) is 25.8. The van der Waals surface area contributed by atoms with Crippen molar-refractivity contribution in [3.8, 4) is 0 Å². The number of carbonyl (C=O) groups excluding carboxylic acids is 1. The second-order valence-corrected chi connectivity index (χ2v) is 6.56. The van der Waals surface area contributed by atoms with Gasteiger partial charge in [-0.15, -0.1) is 0 Å². The van der Waals surface area contributed by atoms with Gasteiger partial charge in [-0.1, -0.05) is 32.4 Å². The van der Waals surface area contributed by atoms with Gasteiger partial charge in [-0.3, -0.25) is 4.79 Å². The molecule has 0 radical (unpaired) electrons. The number of hydrogen-bond acceptors (Lipinski definition) is 2. The molecule has 3 heteroatoms. The maximum Gasteiger partial charge on any atom is 0.227 e. The summed E-state index contributed by atoms with van der Waals surface area (Å²) in [6.45, 7) is 10.4. The minimum Gasteiger partial charge on any atom is -0.338 e. The minimum atomic E-state index is 0.211. The first-order valence-electron chi connectivity index (χ1n) is 7.17. The molecule has 3 nitrogen and oxygen atoms in total. The Balaban J connectivity index is 1.92. The van der Waals surface area contributed by atoms with Crippen LogP contribution >= 0.6 is 0 Å². The zero-order valence-corrected chi connectivity index (χ0v) is 12.0. The van der Waals surface area contributed by atoms with Crippen LogP contribution in [-0.2, 0) is 4.79 Å². The van der Waals surface area contributed by atoms with Crippen molar-refractivity contribution < 1.29 is 4.79 Å². The summed E-state index contributed by atoms with van der Waals surface area (Å²) in [7, 11) is 0. The van der Waals surface area contributed by atoms with Crippen LogP contribution in [-0.4, -0.2) is 37.0 Å². The maximum absolute atomic E-state index is 12.4. The Morgan fingerprint density at radius 3 is 2.72 bits per heavy atom. The van der Waals surface area contributed by atoms with Crippen LogP contribution in [0.2, 0.25) is 0 Å². The van der Waals surface area contributed by atoms with Gasteiger partial charge in [-0.25, -0.2) is 0 Å². The van der Waals surface area contributed by atoms with Crippen LogP contribution in [0.1, 0.15) is 40.0 Å². The van der Waals surface area contributed by atoms with Crippen molar-refractivity contribution in [3.63, 3.8) is 0 Å². The van der Waals surface area contributed by atoms with Crippen LogP contribution < -0.4 is 5.32 Å². The molecule has 0 spiro atoms. The molecule has 1 saturated heterocycles. The molecule has 0 aromatic carbocycles. The topological polar surface area (TPSA) is 32.3 Å². The van der Waals surface area contributed by atoms with Crippen LogP contribution in [0, 0.1) is 11.3 Å². The third-order valence-electron chi connectivity index (χ3n) is 4.13. The van der Waals surface area contributed by atoms with Crippen LogP contribution in [0.4, 0.5) is 0 Å². The molecule has 1 N–H and O–H groups in total. The van der Waals surface area contributed by atoms with E-state index in [1.807, 2.05) is 4.90 Å². The van der Waals surface area contributed by atoms with E-state index in [9.17, 15) is 4.79 Å². The average Bonchev–Trinajstić information content (AvgIpc) is 2.38. The molecule has 0 aromatic rings. The Morgan fingerprint density at radius 1 is 1.44 bits per heavy atom. The highest BCUT2D eigenvalue weighted by atomic mass is 16.2. The highest BCUT2D eigenvalue weighted by Gasteiger charge is 2.28. The largest absolute Gasteiger partial charge is 0.338 e. The van der Waals surface area contributed by atoms with Gasteiger partial charge < -0.3 is 10.2 Å². The van der Waals surface area contributed by atoms with Gasteiger partial charge in [0.1, 0.15) is 0 Å². The van der Waals surface area contributed by atoms with Crippen LogP contribution in [0.15, 0.2) is 11.6 Å². The lowest BCUT2D eigenvalue weighted by atomic mass is 9.82. The van der Waals surface area contributed by atoms with Crippen molar-refractivity contribution in [1.82, 2.24) is 10.2 Å². The predicted octanol–water partition coefficient (Wildman–Crippen LogP) is 2.19. The van der Waals surface area contributed by atoms with E-state index in [1.54, 1.807) is 0 Å². The molecule has 2 rings (SSSR count). The summed E-state index contributed by atoms with van der Waals surface area (Å²) in [5.41, 5.74) is 1.75. The third kappa shape index (κ3) is 3.14. The lowest BCUT2D eigenvalue weighted by Crippen LogP contribution is -2.45. The average molecular weight is 250 g/mol. The van der Waals surface area contributed by atoms with Gasteiger partial charge in [0.2, 0.25) is 5.91 Å². The fourth-order valence-corrected chi connectivity index (χ4v) is 2.87. The number of nitrogens with zero attached hydrogens (tertiary/aromatic N) is 1. The van der Waals surface area contributed by atoms with E-state index >= 15 is 0 Å². The lowest BCUT2D eigenvalue weighted by molar-refractivity contribution is -0.135. The maximum atomic E-state index is 12.4. The zero-order valence-electron chi connectivity index (χ0n) is 12.0. The first-order chi connectivity index (χ1) is 8.48. The second-order valence-electron chi connectivity index (χ2n) is 6.56. The fraction of sp³-hybridized carbons (Fsp3) is 0.800. The van der Waals surface area contributed by atoms with Gasteiger partial charge in [0.15, 0.2) is 0 Å². The number of carbonyl (C=O) groups is 1. The van der Waals surface area contributed by atoms with Crippen LogP contribution in [0.25, 0.3) is 0 Å². The van der Waals surface area contributed by atoms with E-state index in [4.69, 9.17) is 0 Å². The molecular weight excluding hydrogens is 224 g/mol. The fourth-order valence-electron chi connectivity index (χ4n) is 2.87. The smallest absolute Gasteiger partial charge is 0.227 e. The van der Waals surface area contributed by atoms with Crippen LogP contribution in [0.3, 0.4) is 0 Å². The van der Waals surface area contributed by atoms with E-state index in [0.717, 1.165) is 45.4 Å². The van der Waals surface area contributed by atoms with Crippen molar-refractivity contribution in [3.05, 3.63) is 11.6 Å². The van der Waals surface area contributed by atoms with Gasteiger partial charge in [-0.2, -0.15) is 0 Å². The molecule has 0 aliphatic carbocycles. The molecule has 102 valence electrons. The summed E-state index contributed by atoms with van der Waals surface area (Å²) in [6.07, 6.45) is 5.48. The number of piperidine rings is 1. The second kappa shape index (κ2) is 5.43. The lowest BCUT2D eigenvalue weighted by Gasteiger charge is -2.35. The van der Waals surface area contributed by atoms with E-state index in [0.29, 0.717) is 5.91 Å². The zero-order chi connectivity index (χ0) is 13.2. The summed E-state index contributed by atoms with van der Waals surface area (Å²) in [5, 5.41) is 3.32. The van der Waals surface area contributed by atoms with Crippen molar-refractivity contribution in [2.45, 2.75) is 40.0 Å². The molecule has 1 fully saturated rings. The molecule has 1 amide bonds. The third-order valence-corrected chi connectivity index (χ3v) is 4.13. The Morgan fingerprint density at radius 2 is 2.22 bits per heavy atom. The Bertz CT molecular complexity index is 335. The number of nitrogens with one attached hydrogen (secondary N) is 1. The summed E-state index contributed by atoms with van der Waals surface area (Å²) < 4.78 is 0. The van der Waals surface area contributed by atoms with Gasteiger partial charge in [0.05, 0.1) is 5.92 Å². The van der Waals surface area contributed by atoms with E-state index in [2.05, 4.69) is 32.2 Å². The molecule has 2 aliphatic heterocycles. The molecule has 0 bridgehead atoms. The Labute approximate surface area is 111 Å². The van der Waals surface area contributed by atoms with E-state index < -0.39 is 0 Å². The molecule has 1 unspecified atom stereocenters. The summed E-state index contributed by atoms with van der Waals surface area (Å²) in [6, 6.07) is 0. The molecule has 1 atom stereocenters. The SMILES string of the molecule is CC(C)(C)C1=CCN(C(=O)C2CCCNC2)CC1. The number of amides is 1. The van der Waals surface area contributed by atoms with E-state index in [-0.39, 0.29) is 11.3 Å². The first kappa shape index (κ1) is 13.6. The molecule has 18 heavy (non-hydrogen) atoms. The van der Waals surface area contributed by atoms with Gasteiger partial charge >= 0.3 is 0 Å². The molecular formula is C15H26N2O. The Hall–Kier alpha value is -0.830. The van der Waals surface area contributed by atoms with Crippen molar-refractivity contribution in [1.29, 1.82) is 0 Å².